The second kappa shape index (κ2) is 7.42. The smallest absolute Gasteiger partial charge is 0.227 e. The van der Waals surface area contributed by atoms with Crippen molar-refractivity contribution in [1.82, 2.24) is 25.5 Å². The number of benzene rings is 1. The fourth-order valence-corrected chi connectivity index (χ4v) is 3.05. The predicted octanol–water partition coefficient (Wildman–Crippen LogP) is 1.97. The minimum Gasteiger partial charge on any atom is -0.485 e. The van der Waals surface area contributed by atoms with Crippen molar-refractivity contribution in [1.29, 1.82) is 0 Å². The molecule has 1 aromatic carbocycles. The Morgan fingerprint density at radius 3 is 3.04 bits per heavy atom. The quantitative estimate of drug-likeness (QED) is 0.906. The second-order valence-electron chi connectivity index (χ2n) is 6.52. The van der Waals surface area contributed by atoms with Gasteiger partial charge in [-0.25, -0.2) is 0 Å². The van der Waals surface area contributed by atoms with Crippen molar-refractivity contribution in [2.75, 3.05) is 6.54 Å². The molecule has 1 amide bonds. The number of ether oxygens (including phenoxy) is 1. The second-order valence-corrected chi connectivity index (χ2v) is 6.52. The number of aromatic amines is 1. The van der Waals surface area contributed by atoms with Crippen LogP contribution in [0.5, 0.6) is 5.75 Å². The Bertz CT molecular complexity index is 673. The fraction of sp³-hybridized carbons (Fsp3) is 0.529. The van der Waals surface area contributed by atoms with Crippen LogP contribution in [0.25, 0.3) is 0 Å². The SMILES string of the molecule is C[C@@H]1CC[C@@H](C)N(C(=O)Cc2cccc(OCc3nn[nH]n3)c2)C1. The Kier molecular flexibility index (Phi) is 5.08. The number of H-pyrrole nitrogens is 1. The molecule has 24 heavy (non-hydrogen) atoms. The first kappa shape index (κ1) is 16.4. The highest BCUT2D eigenvalue weighted by Crippen LogP contribution is 2.23. The number of carbonyl (C=O) groups is 1. The maximum absolute atomic E-state index is 12.6. The Labute approximate surface area is 141 Å². The van der Waals surface area contributed by atoms with Gasteiger partial charge in [0.05, 0.1) is 6.42 Å². The number of carbonyl (C=O) groups excluding carboxylic acids is 1. The van der Waals surface area contributed by atoms with E-state index in [4.69, 9.17) is 4.74 Å². The minimum atomic E-state index is 0.185. The molecule has 1 N–H and O–H groups in total. The average molecular weight is 329 g/mol. The molecular formula is C17H23N5O2. The van der Waals surface area contributed by atoms with E-state index in [9.17, 15) is 4.79 Å². The van der Waals surface area contributed by atoms with Gasteiger partial charge in [0.1, 0.15) is 5.75 Å². The van der Waals surface area contributed by atoms with Gasteiger partial charge in [-0.2, -0.15) is 5.21 Å². The van der Waals surface area contributed by atoms with Crippen LogP contribution in [0.2, 0.25) is 0 Å². The summed E-state index contributed by atoms with van der Waals surface area (Å²) in [6.45, 7) is 5.44. The third-order valence-electron chi connectivity index (χ3n) is 4.45. The van der Waals surface area contributed by atoms with E-state index >= 15 is 0 Å². The van der Waals surface area contributed by atoms with E-state index in [0.29, 0.717) is 30.0 Å². The van der Waals surface area contributed by atoms with Crippen LogP contribution < -0.4 is 4.74 Å². The summed E-state index contributed by atoms with van der Waals surface area (Å²) in [5.74, 6) is 1.96. The van der Waals surface area contributed by atoms with E-state index in [-0.39, 0.29) is 12.5 Å². The largest absolute Gasteiger partial charge is 0.485 e. The zero-order chi connectivity index (χ0) is 16.9. The molecule has 3 rings (SSSR count). The number of tetrazole rings is 1. The van der Waals surface area contributed by atoms with Crippen molar-refractivity contribution < 1.29 is 9.53 Å². The van der Waals surface area contributed by atoms with Crippen molar-refractivity contribution in [3.05, 3.63) is 35.7 Å². The van der Waals surface area contributed by atoms with Crippen LogP contribution in [0.1, 0.15) is 38.1 Å². The average Bonchev–Trinajstić information content (AvgIpc) is 3.09. The normalized spacial score (nSPS) is 20.8. The van der Waals surface area contributed by atoms with Crippen LogP contribution >= 0.6 is 0 Å². The third-order valence-corrected chi connectivity index (χ3v) is 4.45. The van der Waals surface area contributed by atoms with E-state index in [1.54, 1.807) is 0 Å². The lowest BCUT2D eigenvalue weighted by molar-refractivity contribution is -0.134. The summed E-state index contributed by atoms with van der Waals surface area (Å²) in [5.41, 5.74) is 0.955. The van der Waals surface area contributed by atoms with Gasteiger partial charge in [0.2, 0.25) is 11.7 Å². The van der Waals surface area contributed by atoms with Crippen LogP contribution in [-0.4, -0.2) is 44.0 Å². The number of rotatable bonds is 5. The molecule has 7 heteroatoms. The molecule has 2 aromatic rings. The monoisotopic (exact) mass is 329 g/mol. The molecule has 2 heterocycles. The van der Waals surface area contributed by atoms with Gasteiger partial charge in [-0.05, 0) is 43.4 Å². The van der Waals surface area contributed by atoms with Gasteiger partial charge in [0, 0.05) is 12.6 Å². The van der Waals surface area contributed by atoms with E-state index < -0.39 is 0 Å². The van der Waals surface area contributed by atoms with Crippen molar-refractivity contribution in [3.8, 4) is 5.75 Å². The van der Waals surface area contributed by atoms with E-state index in [0.717, 1.165) is 18.5 Å². The molecule has 0 bridgehead atoms. The molecule has 0 spiro atoms. The summed E-state index contributed by atoms with van der Waals surface area (Å²) in [4.78, 5) is 14.6. The highest BCUT2D eigenvalue weighted by atomic mass is 16.5. The molecule has 1 saturated heterocycles. The third kappa shape index (κ3) is 4.10. The molecule has 0 radical (unpaired) electrons. The summed E-state index contributed by atoms with van der Waals surface area (Å²) in [7, 11) is 0. The Hall–Kier alpha value is -2.44. The Balaban J connectivity index is 1.60. The van der Waals surface area contributed by atoms with Crippen LogP contribution in [0.4, 0.5) is 0 Å². The van der Waals surface area contributed by atoms with Gasteiger partial charge in [0.15, 0.2) is 6.61 Å². The number of piperidine rings is 1. The van der Waals surface area contributed by atoms with Gasteiger partial charge in [0.25, 0.3) is 0 Å². The molecule has 7 nitrogen and oxygen atoms in total. The highest BCUT2D eigenvalue weighted by Gasteiger charge is 2.26. The standard InChI is InChI=1S/C17H23N5O2/c1-12-6-7-13(2)22(10-12)17(23)9-14-4-3-5-15(8-14)24-11-16-18-20-21-19-16/h3-5,8,12-13H,6-7,9-11H2,1-2H3,(H,18,19,20,21)/t12-,13-/m1/s1. The number of nitrogens with zero attached hydrogens (tertiary/aromatic N) is 4. The first-order valence-electron chi connectivity index (χ1n) is 8.35. The number of aromatic nitrogens is 4. The zero-order valence-electron chi connectivity index (χ0n) is 14.1. The fourth-order valence-electron chi connectivity index (χ4n) is 3.05. The van der Waals surface area contributed by atoms with E-state index in [1.807, 2.05) is 29.2 Å². The van der Waals surface area contributed by atoms with Crippen LogP contribution in [0.15, 0.2) is 24.3 Å². The number of nitrogens with one attached hydrogen (secondary N) is 1. The molecule has 128 valence electrons. The van der Waals surface area contributed by atoms with Crippen LogP contribution in [0, 0.1) is 5.92 Å². The van der Waals surface area contributed by atoms with Crippen molar-refractivity contribution in [2.45, 2.75) is 45.8 Å². The number of hydrogen-bond acceptors (Lipinski definition) is 5. The lowest BCUT2D eigenvalue weighted by Crippen LogP contribution is -2.45. The molecule has 1 fully saturated rings. The molecule has 1 aliphatic rings. The van der Waals surface area contributed by atoms with Crippen LogP contribution in [0.3, 0.4) is 0 Å². The number of hydrogen-bond donors (Lipinski definition) is 1. The topological polar surface area (TPSA) is 84.0 Å². The van der Waals surface area contributed by atoms with Crippen LogP contribution in [-0.2, 0) is 17.8 Å². The van der Waals surface area contributed by atoms with Gasteiger partial charge in [-0.3, -0.25) is 4.79 Å². The highest BCUT2D eigenvalue weighted by molar-refractivity contribution is 5.79. The predicted molar refractivity (Wildman–Crippen MR) is 88.2 cm³/mol. The lowest BCUT2D eigenvalue weighted by Gasteiger charge is -2.37. The summed E-state index contributed by atoms with van der Waals surface area (Å²) in [6.07, 6.45) is 2.68. The summed E-state index contributed by atoms with van der Waals surface area (Å²) in [5, 5.41) is 13.6. The first-order valence-corrected chi connectivity index (χ1v) is 8.35. The van der Waals surface area contributed by atoms with Gasteiger partial charge in [-0.1, -0.05) is 24.3 Å². The summed E-state index contributed by atoms with van der Waals surface area (Å²) >= 11 is 0. The number of likely N-dealkylation sites (tertiary alicyclic amines) is 1. The van der Waals surface area contributed by atoms with E-state index in [1.165, 1.54) is 6.42 Å². The maximum atomic E-state index is 12.6. The lowest BCUT2D eigenvalue weighted by atomic mass is 9.94. The maximum Gasteiger partial charge on any atom is 0.227 e. The molecule has 0 unspecified atom stereocenters. The molecule has 0 saturated carbocycles. The molecule has 2 atom stereocenters. The minimum absolute atomic E-state index is 0.185. The first-order chi connectivity index (χ1) is 11.6. The summed E-state index contributed by atoms with van der Waals surface area (Å²) < 4.78 is 5.65. The van der Waals surface area contributed by atoms with Gasteiger partial charge >= 0.3 is 0 Å². The van der Waals surface area contributed by atoms with Crippen molar-refractivity contribution in [2.24, 2.45) is 5.92 Å². The summed E-state index contributed by atoms with van der Waals surface area (Å²) in [6, 6.07) is 7.94. The Morgan fingerprint density at radius 1 is 1.38 bits per heavy atom. The van der Waals surface area contributed by atoms with Gasteiger partial charge in [-0.15, -0.1) is 10.2 Å². The molecular weight excluding hydrogens is 306 g/mol. The molecule has 1 aromatic heterocycles. The Morgan fingerprint density at radius 2 is 2.25 bits per heavy atom. The van der Waals surface area contributed by atoms with E-state index in [2.05, 4.69) is 34.5 Å². The van der Waals surface area contributed by atoms with Crippen molar-refractivity contribution >= 4 is 5.91 Å². The molecule has 1 aliphatic heterocycles. The number of amides is 1. The molecule has 0 aliphatic carbocycles. The zero-order valence-corrected chi connectivity index (χ0v) is 14.1. The van der Waals surface area contributed by atoms with Gasteiger partial charge < -0.3 is 9.64 Å². The van der Waals surface area contributed by atoms with Crippen molar-refractivity contribution in [3.63, 3.8) is 0 Å².